The molecule has 0 bridgehead atoms. The van der Waals surface area contributed by atoms with E-state index in [2.05, 4.69) is 5.10 Å². The molecule has 0 saturated heterocycles. The molecule has 5 heteroatoms. The molecule has 1 heterocycles. The second kappa shape index (κ2) is 5.23. The van der Waals surface area contributed by atoms with Crippen molar-refractivity contribution >= 4 is 17.9 Å². The summed E-state index contributed by atoms with van der Waals surface area (Å²) in [6.07, 6.45) is 1.41. The van der Waals surface area contributed by atoms with Crippen molar-refractivity contribution in [3.63, 3.8) is 0 Å². The fourth-order valence-corrected chi connectivity index (χ4v) is 2.01. The monoisotopic (exact) mass is 264 g/mol. The first kappa shape index (κ1) is 12.6. The number of carbonyl (C=O) groups is 1. The molecule has 1 aromatic carbocycles. The third-order valence-electron chi connectivity index (χ3n) is 2.71. The number of benzene rings is 1. The fourth-order valence-electron chi connectivity index (χ4n) is 1.72. The lowest BCUT2D eigenvalue weighted by molar-refractivity contribution is 0.112. The number of methoxy groups -OCH3 is 1. The third kappa shape index (κ3) is 2.11. The van der Waals surface area contributed by atoms with Gasteiger partial charge in [0.15, 0.2) is 6.29 Å². The minimum Gasteiger partial charge on any atom is -0.497 e. The molecule has 0 aliphatic carbocycles. The lowest BCUT2D eigenvalue weighted by atomic mass is 10.2. The molecule has 0 unspecified atom stereocenters. The van der Waals surface area contributed by atoms with E-state index in [1.54, 1.807) is 11.8 Å². The second-order valence-corrected chi connectivity index (χ2v) is 4.09. The molecule has 0 atom stereocenters. The second-order valence-electron chi connectivity index (χ2n) is 3.73. The number of hydrogen-bond acceptors (Lipinski definition) is 3. The van der Waals surface area contributed by atoms with Gasteiger partial charge in [-0.05, 0) is 30.7 Å². The van der Waals surface area contributed by atoms with E-state index in [1.807, 2.05) is 31.2 Å². The topological polar surface area (TPSA) is 44.1 Å². The maximum Gasteiger partial charge on any atom is 0.155 e. The van der Waals surface area contributed by atoms with E-state index >= 15 is 0 Å². The van der Waals surface area contributed by atoms with Crippen molar-refractivity contribution in [1.29, 1.82) is 0 Å². The van der Waals surface area contributed by atoms with Crippen LogP contribution in [0.5, 0.6) is 5.75 Å². The summed E-state index contributed by atoms with van der Waals surface area (Å²) < 4.78 is 6.65. The van der Waals surface area contributed by atoms with Crippen LogP contribution in [0.2, 0.25) is 5.15 Å². The number of aldehydes is 1. The highest BCUT2D eigenvalue weighted by Crippen LogP contribution is 2.24. The van der Waals surface area contributed by atoms with Crippen molar-refractivity contribution in [3.05, 3.63) is 40.7 Å². The van der Waals surface area contributed by atoms with Crippen LogP contribution in [0.1, 0.15) is 23.0 Å². The zero-order valence-electron chi connectivity index (χ0n) is 10.2. The number of halogens is 1. The zero-order chi connectivity index (χ0) is 13.1. The molecule has 94 valence electrons. The molecule has 0 aliphatic rings. The quantitative estimate of drug-likeness (QED) is 0.798. The summed E-state index contributed by atoms with van der Waals surface area (Å²) in [7, 11) is 1.61. The molecule has 0 amide bonds. The molecule has 4 nitrogen and oxygen atoms in total. The number of rotatable bonds is 4. The van der Waals surface area contributed by atoms with Gasteiger partial charge < -0.3 is 4.74 Å². The standard InChI is InChI=1S/C13H13ClN2O2/c1-3-12-11(8-17)13(14)16(15-12)9-4-6-10(18-2)7-5-9/h4-8H,3H2,1-2H3. The highest BCUT2D eigenvalue weighted by atomic mass is 35.5. The summed E-state index contributed by atoms with van der Waals surface area (Å²) in [5.74, 6) is 0.758. The van der Waals surface area contributed by atoms with Gasteiger partial charge in [0.25, 0.3) is 0 Å². The maximum absolute atomic E-state index is 11.0. The minimum absolute atomic E-state index is 0.340. The van der Waals surface area contributed by atoms with Gasteiger partial charge in [0.2, 0.25) is 0 Å². The smallest absolute Gasteiger partial charge is 0.155 e. The van der Waals surface area contributed by atoms with E-state index in [-0.39, 0.29) is 0 Å². The summed E-state index contributed by atoms with van der Waals surface area (Å²) in [4.78, 5) is 11.0. The number of aryl methyl sites for hydroxylation is 1. The van der Waals surface area contributed by atoms with Gasteiger partial charge in [-0.3, -0.25) is 4.79 Å². The Balaban J connectivity index is 2.49. The normalized spacial score (nSPS) is 10.4. The summed E-state index contributed by atoms with van der Waals surface area (Å²) in [6.45, 7) is 1.93. The third-order valence-corrected chi connectivity index (χ3v) is 3.07. The first-order valence-corrected chi connectivity index (χ1v) is 5.96. The van der Waals surface area contributed by atoms with E-state index in [4.69, 9.17) is 16.3 Å². The molecule has 2 rings (SSSR count). The SMILES string of the molecule is CCc1nn(-c2ccc(OC)cc2)c(Cl)c1C=O. The Morgan fingerprint density at radius 1 is 1.39 bits per heavy atom. The van der Waals surface area contributed by atoms with Gasteiger partial charge >= 0.3 is 0 Å². The molecule has 1 aromatic heterocycles. The summed E-state index contributed by atoms with van der Waals surface area (Å²) >= 11 is 6.15. The van der Waals surface area contributed by atoms with Crippen molar-refractivity contribution < 1.29 is 9.53 Å². The molecule has 0 aliphatic heterocycles. The molecule has 2 aromatic rings. The van der Waals surface area contributed by atoms with Gasteiger partial charge in [0.1, 0.15) is 10.9 Å². The largest absolute Gasteiger partial charge is 0.497 e. The van der Waals surface area contributed by atoms with Crippen molar-refractivity contribution in [2.75, 3.05) is 7.11 Å². The number of carbonyl (C=O) groups excluding carboxylic acids is 1. The highest BCUT2D eigenvalue weighted by molar-refractivity contribution is 6.32. The van der Waals surface area contributed by atoms with Crippen LogP contribution >= 0.6 is 11.6 Å². The van der Waals surface area contributed by atoms with Crippen molar-refractivity contribution in [2.45, 2.75) is 13.3 Å². The Morgan fingerprint density at radius 3 is 2.50 bits per heavy atom. The maximum atomic E-state index is 11.0. The molecule has 0 fully saturated rings. The van der Waals surface area contributed by atoms with Crippen molar-refractivity contribution in [3.8, 4) is 11.4 Å². The van der Waals surface area contributed by atoms with Gasteiger partial charge in [-0.2, -0.15) is 5.10 Å². The van der Waals surface area contributed by atoms with Crippen LogP contribution in [0, 0.1) is 0 Å². The van der Waals surface area contributed by atoms with Gasteiger partial charge in [-0.25, -0.2) is 4.68 Å². The number of aromatic nitrogens is 2. The Morgan fingerprint density at radius 2 is 2.06 bits per heavy atom. The Labute approximate surface area is 110 Å². The predicted molar refractivity (Wildman–Crippen MR) is 69.9 cm³/mol. The Kier molecular flexibility index (Phi) is 3.67. The van der Waals surface area contributed by atoms with E-state index < -0.39 is 0 Å². The van der Waals surface area contributed by atoms with Crippen LogP contribution in [0.15, 0.2) is 24.3 Å². The first-order valence-electron chi connectivity index (χ1n) is 5.58. The molecule has 0 N–H and O–H groups in total. The molecule has 0 saturated carbocycles. The lowest BCUT2D eigenvalue weighted by Crippen LogP contribution is -1.97. The van der Waals surface area contributed by atoms with Crippen LogP contribution in [-0.2, 0) is 6.42 Å². The van der Waals surface area contributed by atoms with Crippen LogP contribution in [0.3, 0.4) is 0 Å². The minimum atomic E-state index is 0.340. The number of nitrogens with zero attached hydrogens (tertiary/aromatic N) is 2. The van der Waals surface area contributed by atoms with Gasteiger partial charge in [-0.1, -0.05) is 18.5 Å². The van der Waals surface area contributed by atoms with Crippen molar-refractivity contribution in [2.24, 2.45) is 0 Å². The van der Waals surface area contributed by atoms with Gasteiger partial charge in [0, 0.05) is 0 Å². The van der Waals surface area contributed by atoms with Crippen molar-refractivity contribution in [1.82, 2.24) is 9.78 Å². The molecule has 0 spiro atoms. The van der Waals surface area contributed by atoms with Crippen LogP contribution in [0.25, 0.3) is 5.69 Å². The van der Waals surface area contributed by atoms with E-state index in [0.29, 0.717) is 22.8 Å². The van der Waals surface area contributed by atoms with Crippen LogP contribution < -0.4 is 4.74 Å². The average molecular weight is 265 g/mol. The summed E-state index contributed by atoms with van der Waals surface area (Å²) in [5.41, 5.74) is 1.95. The van der Waals surface area contributed by atoms with E-state index in [0.717, 1.165) is 17.7 Å². The number of ether oxygens (including phenoxy) is 1. The number of hydrogen-bond donors (Lipinski definition) is 0. The molecular formula is C13H13ClN2O2. The zero-order valence-corrected chi connectivity index (χ0v) is 10.9. The molecule has 18 heavy (non-hydrogen) atoms. The first-order chi connectivity index (χ1) is 8.71. The van der Waals surface area contributed by atoms with Gasteiger partial charge in [-0.15, -0.1) is 0 Å². The highest BCUT2D eigenvalue weighted by Gasteiger charge is 2.15. The average Bonchev–Trinajstić information content (AvgIpc) is 2.75. The summed E-state index contributed by atoms with van der Waals surface area (Å²) in [6, 6.07) is 7.32. The van der Waals surface area contributed by atoms with Crippen LogP contribution in [-0.4, -0.2) is 23.2 Å². The van der Waals surface area contributed by atoms with E-state index in [1.165, 1.54) is 0 Å². The fraction of sp³-hybridized carbons (Fsp3) is 0.231. The van der Waals surface area contributed by atoms with Crippen LogP contribution in [0.4, 0.5) is 0 Å². The molecule has 0 radical (unpaired) electrons. The Bertz CT molecular complexity index is 561. The lowest BCUT2D eigenvalue weighted by Gasteiger charge is -2.04. The molecular weight excluding hydrogens is 252 g/mol. The summed E-state index contributed by atoms with van der Waals surface area (Å²) in [5, 5.41) is 4.68. The van der Waals surface area contributed by atoms with Gasteiger partial charge in [0.05, 0.1) is 24.1 Å². The predicted octanol–water partition coefficient (Wildman–Crippen LogP) is 2.91. The Hall–Kier alpha value is -1.81. The van der Waals surface area contributed by atoms with E-state index in [9.17, 15) is 4.79 Å².